The topological polar surface area (TPSA) is 98.5 Å². The van der Waals surface area contributed by atoms with Gasteiger partial charge in [-0.15, -0.1) is 0 Å². The highest BCUT2D eigenvalue weighted by atomic mass is 35.5. The molecule has 0 fully saturated rings. The summed E-state index contributed by atoms with van der Waals surface area (Å²) in [7, 11) is -3.74. The average Bonchev–Trinajstić information content (AvgIpc) is 2.53. The highest BCUT2D eigenvalue weighted by Crippen LogP contribution is 2.27. The van der Waals surface area contributed by atoms with Crippen molar-refractivity contribution < 1.29 is 17.9 Å². The summed E-state index contributed by atoms with van der Waals surface area (Å²) in [5.41, 5.74) is 0.727. The molecule has 2 rings (SSSR count). The number of primary sulfonamides is 1. The van der Waals surface area contributed by atoms with Crippen molar-refractivity contribution in [2.24, 2.45) is 5.14 Å². The summed E-state index contributed by atoms with van der Waals surface area (Å²) >= 11 is 11.8. The van der Waals surface area contributed by atoms with E-state index in [9.17, 15) is 13.2 Å². The van der Waals surface area contributed by atoms with Crippen LogP contribution in [0.25, 0.3) is 0 Å². The first-order valence-electron chi connectivity index (χ1n) is 7.17. The first-order valence-corrected chi connectivity index (χ1v) is 9.47. The Morgan fingerprint density at radius 3 is 2.40 bits per heavy atom. The molecule has 0 aliphatic carbocycles. The van der Waals surface area contributed by atoms with E-state index in [0.29, 0.717) is 15.8 Å². The van der Waals surface area contributed by atoms with Crippen LogP contribution >= 0.6 is 23.2 Å². The summed E-state index contributed by atoms with van der Waals surface area (Å²) in [6, 6.07) is 10.3. The van der Waals surface area contributed by atoms with E-state index in [1.165, 1.54) is 18.2 Å². The smallest absolute Gasteiger partial charge is 0.258 e. The zero-order valence-electron chi connectivity index (χ0n) is 13.2. The normalized spacial score (nSPS) is 12.5. The van der Waals surface area contributed by atoms with Gasteiger partial charge in [-0.05, 0) is 42.8 Å². The minimum absolute atomic E-state index is 0.00971. The molecule has 0 saturated heterocycles. The maximum Gasteiger partial charge on any atom is 0.258 e. The molecule has 0 spiro atoms. The fourth-order valence-corrected chi connectivity index (χ4v) is 3.03. The van der Waals surface area contributed by atoms with Crippen molar-refractivity contribution in [1.82, 2.24) is 5.32 Å². The molecule has 0 radical (unpaired) electrons. The number of nitrogens with two attached hydrogens (primary N) is 1. The molecule has 25 heavy (non-hydrogen) atoms. The lowest BCUT2D eigenvalue weighted by Gasteiger charge is -2.15. The molecule has 1 unspecified atom stereocenters. The van der Waals surface area contributed by atoms with Gasteiger partial charge >= 0.3 is 0 Å². The van der Waals surface area contributed by atoms with Crippen LogP contribution in [0.3, 0.4) is 0 Å². The zero-order chi connectivity index (χ0) is 18.6. The van der Waals surface area contributed by atoms with Gasteiger partial charge in [-0.1, -0.05) is 35.3 Å². The van der Waals surface area contributed by atoms with Crippen LogP contribution in [0.5, 0.6) is 5.75 Å². The van der Waals surface area contributed by atoms with Crippen molar-refractivity contribution in [2.45, 2.75) is 17.9 Å². The number of rotatable bonds is 6. The molecule has 0 aliphatic heterocycles. The quantitative estimate of drug-likeness (QED) is 0.775. The lowest BCUT2D eigenvalue weighted by atomic mass is 10.1. The molecule has 1 amide bonds. The maximum atomic E-state index is 12.0. The maximum absolute atomic E-state index is 12.0. The standard InChI is InChI=1S/C16H16Cl2N2O4S/c1-10(11-2-5-13(6-3-11)25(19,22)23)20-16(21)9-24-15-7-4-12(17)8-14(15)18/h2-8,10H,9H2,1H3,(H,20,21)(H2,19,22,23). The summed E-state index contributed by atoms with van der Waals surface area (Å²) in [6.45, 7) is 1.54. The van der Waals surface area contributed by atoms with E-state index >= 15 is 0 Å². The van der Waals surface area contributed by atoms with Gasteiger partial charge < -0.3 is 10.1 Å². The van der Waals surface area contributed by atoms with Crippen molar-refractivity contribution in [2.75, 3.05) is 6.61 Å². The summed E-state index contributed by atoms with van der Waals surface area (Å²) in [4.78, 5) is 12.0. The van der Waals surface area contributed by atoms with Crippen LogP contribution in [0.1, 0.15) is 18.5 Å². The molecule has 0 heterocycles. The highest BCUT2D eigenvalue weighted by Gasteiger charge is 2.13. The zero-order valence-corrected chi connectivity index (χ0v) is 15.5. The van der Waals surface area contributed by atoms with E-state index in [2.05, 4.69) is 5.32 Å². The second kappa shape index (κ2) is 8.05. The Labute approximate surface area is 155 Å². The molecule has 2 aromatic carbocycles. The Morgan fingerprint density at radius 2 is 1.84 bits per heavy atom. The van der Waals surface area contributed by atoms with Gasteiger partial charge in [0.05, 0.1) is 16.0 Å². The summed E-state index contributed by atoms with van der Waals surface area (Å²) < 4.78 is 27.8. The van der Waals surface area contributed by atoms with E-state index in [1.54, 1.807) is 31.2 Å². The summed E-state index contributed by atoms with van der Waals surface area (Å²) in [5.74, 6) is 0.000384. The largest absolute Gasteiger partial charge is 0.482 e. The van der Waals surface area contributed by atoms with Gasteiger partial charge in [0.25, 0.3) is 5.91 Å². The van der Waals surface area contributed by atoms with Crippen LogP contribution < -0.4 is 15.2 Å². The summed E-state index contributed by atoms with van der Waals surface area (Å²) in [6.07, 6.45) is 0. The van der Waals surface area contributed by atoms with Gasteiger partial charge in [0.2, 0.25) is 10.0 Å². The Kier molecular flexibility index (Phi) is 6.29. The Balaban J connectivity index is 1.93. The first-order chi connectivity index (χ1) is 11.7. The second-order valence-corrected chi connectivity index (χ2v) is 7.67. The van der Waals surface area contributed by atoms with Crippen LogP contribution in [0.4, 0.5) is 0 Å². The number of nitrogens with one attached hydrogen (secondary N) is 1. The number of hydrogen-bond donors (Lipinski definition) is 2. The van der Waals surface area contributed by atoms with Crippen molar-refractivity contribution in [1.29, 1.82) is 0 Å². The molecule has 0 aromatic heterocycles. The SMILES string of the molecule is CC(NC(=O)COc1ccc(Cl)cc1Cl)c1ccc(S(N)(=O)=O)cc1. The number of sulfonamides is 1. The molecular weight excluding hydrogens is 387 g/mol. The fourth-order valence-electron chi connectivity index (χ4n) is 2.05. The minimum Gasteiger partial charge on any atom is -0.482 e. The van der Waals surface area contributed by atoms with Gasteiger partial charge in [-0.25, -0.2) is 13.6 Å². The molecule has 0 bridgehead atoms. The van der Waals surface area contributed by atoms with Crippen molar-refractivity contribution >= 4 is 39.1 Å². The lowest BCUT2D eigenvalue weighted by Crippen LogP contribution is -2.31. The molecule has 0 aliphatic rings. The van der Waals surface area contributed by atoms with Crippen LogP contribution in [0, 0.1) is 0 Å². The Hall–Kier alpha value is -1.80. The van der Waals surface area contributed by atoms with Gasteiger partial charge in [-0.2, -0.15) is 0 Å². The molecule has 3 N–H and O–H groups in total. The molecular formula is C16H16Cl2N2O4S. The number of carbonyl (C=O) groups excluding carboxylic acids is 1. The molecule has 2 aromatic rings. The van der Waals surface area contributed by atoms with E-state index < -0.39 is 10.0 Å². The van der Waals surface area contributed by atoms with E-state index in [1.807, 2.05) is 0 Å². The number of carbonyl (C=O) groups is 1. The molecule has 1 atom stereocenters. The van der Waals surface area contributed by atoms with Crippen LogP contribution in [0.2, 0.25) is 10.0 Å². The Bertz CT molecular complexity index is 870. The lowest BCUT2D eigenvalue weighted by molar-refractivity contribution is -0.123. The van der Waals surface area contributed by atoms with Gasteiger partial charge in [0.15, 0.2) is 6.61 Å². The van der Waals surface area contributed by atoms with E-state index in [-0.39, 0.29) is 23.5 Å². The third kappa shape index (κ3) is 5.61. The number of hydrogen-bond acceptors (Lipinski definition) is 4. The predicted molar refractivity (Wildman–Crippen MR) is 96.3 cm³/mol. The third-order valence-electron chi connectivity index (χ3n) is 3.34. The van der Waals surface area contributed by atoms with E-state index in [4.69, 9.17) is 33.1 Å². The minimum atomic E-state index is -3.74. The van der Waals surface area contributed by atoms with Gasteiger partial charge in [-0.3, -0.25) is 4.79 Å². The third-order valence-corrected chi connectivity index (χ3v) is 4.80. The number of amides is 1. The molecule has 9 heteroatoms. The van der Waals surface area contributed by atoms with Crippen molar-refractivity contribution in [3.63, 3.8) is 0 Å². The molecule has 0 saturated carbocycles. The van der Waals surface area contributed by atoms with Crippen LogP contribution in [-0.2, 0) is 14.8 Å². The number of ether oxygens (including phenoxy) is 1. The van der Waals surface area contributed by atoms with Gasteiger partial charge in [0, 0.05) is 5.02 Å². The first kappa shape index (κ1) is 19.5. The fraction of sp³-hybridized carbons (Fsp3) is 0.188. The van der Waals surface area contributed by atoms with Gasteiger partial charge in [0.1, 0.15) is 5.75 Å². The Morgan fingerprint density at radius 1 is 1.20 bits per heavy atom. The van der Waals surface area contributed by atoms with Crippen molar-refractivity contribution in [3.05, 3.63) is 58.1 Å². The number of benzene rings is 2. The van der Waals surface area contributed by atoms with Crippen LogP contribution in [0.15, 0.2) is 47.4 Å². The second-order valence-electron chi connectivity index (χ2n) is 5.27. The molecule has 6 nitrogen and oxygen atoms in total. The molecule has 134 valence electrons. The number of halogens is 2. The van der Waals surface area contributed by atoms with Crippen molar-refractivity contribution in [3.8, 4) is 5.75 Å². The van der Waals surface area contributed by atoms with E-state index in [0.717, 1.165) is 5.56 Å². The predicted octanol–water partition coefficient (Wildman–Crippen LogP) is 2.90. The summed E-state index contributed by atoms with van der Waals surface area (Å²) in [5, 5.41) is 8.57. The van der Waals surface area contributed by atoms with Crippen LogP contribution in [-0.4, -0.2) is 20.9 Å². The monoisotopic (exact) mass is 402 g/mol. The highest BCUT2D eigenvalue weighted by molar-refractivity contribution is 7.89. The average molecular weight is 403 g/mol.